The second kappa shape index (κ2) is 6.76. The number of aromatic nitrogens is 4. The van der Waals surface area contributed by atoms with Gasteiger partial charge in [-0.15, -0.1) is 10.2 Å². The zero-order valence-corrected chi connectivity index (χ0v) is 14.3. The van der Waals surface area contributed by atoms with Gasteiger partial charge >= 0.3 is 0 Å². The predicted molar refractivity (Wildman–Crippen MR) is 100 cm³/mol. The molecule has 4 rings (SSSR count). The number of carbonyl (C=O) groups excluding carboxylic acids is 1. The largest absolute Gasteiger partial charge is 0.309 e. The standard InChI is InChI=1S/C20H17N5O/c1-2-24(17-7-4-3-5-8-17)19(26)16-11-9-15(10-12-16)18-22-23-20-21-13-6-14-25(18)20/h3-14H,2H2,1H3. The highest BCUT2D eigenvalue weighted by Crippen LogP contribution is 2.21. The monoisotopic (exact) mass is 343 g/mol. The van der Waals surface area contributed by atoms with Crippen LogP contribution in [0.25, 0.3) is 17.2 Å². The Morgan fingerprint density at radius 1 is 1.00 bits per heavy atom. The number of fused-ring (bicyclic) bond motifs is 1. The van der Waals surface area contributed by atoms with Gasteiger partial charge in [0.1, 0.15) is 0 Å². The number of hydrogen-bond donors (Lipinski definition) is 0. The second-order valence-electron chi connectivity index (χ2n) is 5.78. The van der Waals surface area contributed by atoms with Crippen molar-refractivity contribution in [2.24, 2.45) is 0 Å². The van der Waals surface area contributed by atoms with E-state index in [1.807, 2.05) is 78.2 Å². The van der Waals surface area contributed by atoms with Gasteiger partial charge in [0.2, 0.25) is 0 Å². The molecule has 6 nitrogen and oxygen atoms in total. The molecule has 128 valence electrons. The molecular weight excluding hydrogens is 326 g/mol. The van der Waals surface area contributed by atoms with Crippen LogP contribution in [0.15, 0.2) is 73.1 Å². The maximum Gasteiger partial charge on any atom is 0.258 e. The second-order valence-corrected chi connectivity index (χ2v) is 5.78. The minimum absolute atomic E-state index is 0.0296. The Morgan fingerprint density at radius 3 is 2.50 bits per heavy atom. The van der Waals surface area contributed by atoms with Gasteiger partial charge in [0.25, 0.3) is 11.7 Å². The third-order valence-electron chi connectivity index (χ3n) is 4.21. The normalized spacial score (nSPS) is 10.8. The Hall–Kier alpha value is -3.54. The van der Waals surface area contributed by atoms with Crippen molar-refractivity contribution in [2.45, 2.75) is 6.92 Å². The average Bonchev–Trinajstić information content (AvgIpc) is 3.13. The van der Waals surface area contributed by atoms with Crippen LogP contribution < -0.4 is 4.90 Å². The molecule has 0 aliphatic carbocycles. The van der Waals surface area contributed by atoms with Crippen molar-refractivity contribution >= 4 is 17.4 Å². The van der Waals surface area contributed by atoms with E-state index < -0.39 is 0 Å². The number of hydrogen-bond acceptors (Lipinski definition) is 4. The summed E-state index contributed by atoms with van der Waals surface area (Å²) in [5, 5.41) is 8.25. The number of para-hydroxylation sites is 1. The molecule has 0 aliphatic rings. The molecule has 0 saturated heterocycles. The third-order valence-corrected chi connectivity index (χ3v) is 4.21. The molecule has 0 fully saturated rings. The van der Waals surface area contributed by atoms with E-state index in [1.54, 1.807) is 11.1 Å². The SMILES string of the molecule is CCN(C(=O)c1ccc(-c2nnc3ncccn23)cc1)c1ccccc1. The lowest BCUT2D eigenvalue weighted by molar-refractivity contribution is 0.0988. The van der Waals surface area contributed by atoms with Crippen molar-refractivity contribution < 1.29 is 4.79 Å². The van der Waals surface area contributed by atoms with Crippen LogP contribution in [0.3, 0.4) is 0 Å². The lowest BCUT2D eigenvalue weighted by Crippen LogP contribution is -2.30. The van der Waals surface area contributed by atoms with E-state index in [4.69, 9.17) is 0 Å². The number of rotatable bonds is 4. The first-order chi connectivity index (χ1) is 12.8. The summed E-state index contributed by atoms with van der Waals surface area (Å²) < 4.78 is 1.82. The molecule has 4 aromatic rings. The van der Waals surface area contributed by atoms with Crippen molar-refractivity contribution in [3.63, 3.8) is 0 Å². The Balaban J connectivity index is 1.64. The van der Waals surface area contributed by atoms with Gasteiger partial charge in [-0.1, -0.05) is 30.3 Å². The average molecular weight is 343 g/mol. The lowest BCUT2D eigenvalue weighted by atomic mass is 10.1. The molecule has 2 heterocycles. The first-order valence-corrected chi connectivity index (χ1v) is 8.41. The zero-order valence-electron chi connectivity index (χ0n) is 14.3. The highest BCUT2D eigenvalue weighted by molar-refractivity contribution is 6.06. The molecule has 0 radical (unpaired) electrons. The first kappa shape index (κ1) is 16.0. The fraction of sp³-hybridized carbons (Fsp3) is 0.100. The molecule has 0 bridgehead atoms. The van der Waals surface area contributed by atoms with Gasteiger partial charge < -0.3 is 4.90 Å². The fourth-order valence-electron chi connectivity index (χ4n) is 2.91. The Bertz CT molecular complexity index is 1040. The highest BCUT2D eigenvalue weighted by atomic mass is 16.2. The van der Waals surface area contributed by atoms with Crippen molar-refractivity contribution in [1.29, 1.82) is 0 Å². The summed E-state index contributed by atoms with van der Waals surface area (Å²) in [6, 6.07) is 18.9. The summed E-state index contributed by atoms with van der Waals surface area (Å²) in [7, 11) is 0. The van der Waals surface area contributed by atoms with Crippen molar-refractivity contribution in [3.8, 4) is 11.4 Å². The van der Waals surface area contributed by atoms with E-state index in [0.29, 0.717) is 23.7 Å². The molecule has 2 aromatic carbocycles. The number of benzene rings is 2. The zero-order chi connectivity index (χ0) is 17.9. The summed E-state index contributed by atoms with van der Waals surface area (Å²) in [5.74, 6) is 1.21. The van der Waals surface area contributed by atoms with Crippen LogP contribution >= 0.6 is 0 Å². The van der Waals surface area contributed by atoms with Crippen LogP contribution in [0.1, 0.15) is 17.3 Å². The van der Waals surface area contributed by atoms with E-state index in [1.165, 1.54) is 0 Å². The van der Waals surface area contributed by atoms with Crippen LogP contribution in [0, 0.1) is 0 Å². The third kappa shape index (κ3) is 2.82. The maximum atomic E-state index is 12.9. The van der Waals surface area contributed by atoms with Gasteiger partial charge in [-0.2, -0.15) is 0 Å². The molecule has 6 heteroatoms. The number of amides is 1. The quantitative estimate of drug-likeness (QED) is 0.569. The summed E-state index contributed by atoms with van der Waals surface area (Å²) in [6.07, 6.45) is 3.55. The number of nitrogens with zero attached hydrogens (tertiary/aromatic N) is 5. The molecule has 1 amide bonds. The van der Waals surface area contributed by atoms with E-state index in [-0.39, 0.29) is 5.91 Å². The van der Waals surface area contributed by atoms with Crippen molar-refractivity contribution in [1.82, 2.24) is 19.6 Å². The summed E-state index contributed by atoms with van der Waals surface area (Å²) in [4.78, 5) is 18.8. The van der Waals surface area contributed by atoms with Crippen molar-refractivity contribution in [3.05, 3.63) is 78.6 Å². The van der Waals surface area contributed by atoms with Gasteiger partial charge in [0.15, 0.2) is 5.82 Å². The van der Waals surface area contributed by atoms with Crippen LogP contribution in [-0.2, 0) is 0 Å². The molecule has 0 unspecified atom stereocenters. The van der Waals surface area contributed by atoms with Crippen LogP contribution in [0.4, 0.5) is 5.69 Å². The molecule has 0 N–H and O–H groups in total. The van der Waals surface area contributed by atoms with E-state index in [2.05, 4.69) is 15.2 Å². The summed E-state index contributed by atoms with van der Waals surface area (Å²) >= 11 is 0. The van der Waals surface area contributed by atoms with Crippen molar-refractivity contribution in [2.75, 3.05) is 11.4 Å². The lowest BCUT2D eigenvalue weighted by Gasteiger charge is -2.21. The van der Waals surface area contributed by atoms with E-state index in [0.717, 1.165) is 11.3 Å². The van der Waals surface area contributed by atoms with E-state index in [9.17, 15) is 4.79 Å². The Labute approximate surface area is 150 Å². The smallest absolute Gasteiger partial charge is 0.258 e. The molecule has 2 aromatic heterocycles. The van der Waals surface area contributed by atoms with Crippen LogP contribution in [0.5, 0.6) is 0 Å². The summed E-state index contributed by atoms with van der Waals surface area (Å²) in [5.41, 5.74) is 2.40. The maximum absolute atomic E-state index is 12.9. The van der Waals surface area contributed by atoms with Gasteiger partial charge in [0, 0.05) is 35.8 Å². The number of carbonyl (C=O) groups is 1. The van der Waals surface area contributed by atoms with E-state index >= 15 is 0 Å². The molecule has 26 heavy (non-hydrogen) atoms. The summed E-state index contributed by atoms with van der Waals surface area (Å²) in [6.45, 7) is 2.57. The van der Waals surface area contributed by atoms with Gasteiger partial charge in [-0.05, 0) is 37.3 Å². The van der Waals surface area contributed by atoms with Gasteiger partial charge in [0.05, 0.1) is 0 Å². The molecule has 0 aliphatic heterocycles. The number of anilines is 1. The van der Waals surface area contributed by atoms with Gasteiger partial charge in [-0.3, -0.25) is 9.20 Å². The minimum Gasteiger partial charge on any atom is -0.309 e. The van der Waals surface area contributed by atoms with Crippen LogP contribution in [0.2, 0.25) is 0 Å². The minimum atomic E-state index is -0.0296. The Morgan fingerprint density at radius 2 is 1.77 bits per heavy atom. The Kier molecular flexibility index (Phi) is 4.15. The predicted octanol–water partition coefficient (Wildman–Crippen LogP) is 3.46. The molecule has 0 spiro atoms. The topological polar surface area (TPSA) is 63.4 Å². The van der Waals surface area contributed by atoms with Crippen LogP contribution in [-0.4, -0.2) is 32.0 Å². The highest BCUT2D eigenvalue weighted by Gasteiger charge is 2.16. The first-order valence-electron chi connectivity index (χ1n) is 8.41. The molecule has 0 saturated carbocycles. The van der Waals surface area contributed by atoms with Gasteiger partial charge in [-0.25, -0.2) is 4.98 Å². The molecule has 0 atom stereocenters. The molecular formula is C20H17N5O. The fourth-order valence-corrected chi connectivity index (χ4v) is 2.91.